The predicted molar refractivity (Wildman–Crippen MR) is 80.9 cm³/mol. The Morgan fingerprint density at radius 1 is 1.05 bits per heavy atom. The zero-order chi connectivity index (χ0) is 16.5. The van der Waals surface area contributed by atoms with E-state index in [2.05, 4.69) is 0 Å². The van der Waals surface area contributed by atoms with Crippen LogP contribution < -0.4 is 0 Å². The molecule has 2 aromatic carbocycles. The highest BCUT2D eigenvalue weighted by molar-refractivity contribution is 7.89. The normalized spacial score (nSPS) is 11.9. The first kappa shape index (κ1) is 16.6. The van der Waals surface area contributed by atoms with E-state index in [4.69, 9.17) is 0 Å². The van der Waals surface area contributed by atoms with Crippen molar-refractivity contribution in [3.8, 4) is 0 Å². The van der Waals surface area contributed by atoms with Gasteiger partial charge in [-0.25, -0.2) is 17.2 Å². The highest BCUT2D eigenvalue weighted by atomic mass is 32.2. The second-order valence-corrected chi connectivity index (χ2v) is 7.28. The molecule has 0 aliphatic carbocycles. The van der Waals surface area contributed by atoms with E-state index in [1.165, 1.54) is 19.2 Å². The van der Waals surface area contributed by atoms with E-state index in [0.717, 1.165) is 22.0 Å². The standard InChI is InChI=1S/C16H17F2NO2S/c1-11-4-7-16(12(2)8-11)22(20,21)19(3)10-13-5-6-14(17)9-15(13)18/h4-9H,10H2,1-3H3. The van der Waals surface area contributed by atoms with Crippen LogP contribution in [0.2, 0.25) is 0 Å². The fourth-order valence-electron chi connectivity index (χ4n) is 2.23. The van der Waals surface area contributed by atoms with E-state index in [-0.39, 0.29) is 17.0 Å². The van der Waals surface area contributed by atoms with E-state index in [0.29, 0.717) is 5.56 Å². The lowest BCUT2D eigenvalue weighted by atomic mass is 10.2. The first-order valence-corrected chi connectivity index (χ1v) is 8.13. The number of hydrogen-bond acceptors (Lipinski definition) is 2. The van der Waals surface area contributed by atoms with Gasteiger partial charge >= 0.3 is 0 Å². The van der Waals surface area contributed by atoms with Crippen LogP contribution in [-0.2, 0) is 16.6 Å². The van der Waals surface area contributed by atoms with Gasteiger partial charge in [0, 0.05) is 25.2 Å². The molecule has 0 spiro atoms. The topological polar surface area (TPSA) is 37.4 Å². The first-order chi connectivity index (χ1) is 10.2. The molecule has 0 N–H and O–H groups in total. The van der Waals surface area contributed by atoms with Crippen molar-refractivity contribution in [1.29, 1.82) is 0 Å². The molecule has 0 unspecified atom stereocenters. The maximum Gasteiger partial charge on any atom is 0.243 e. The van der Waals surface area contributed by atoms with E-state index in [1.807, 2.05) is 6.92 Å². The summed E-state index contributed by atoms with van der Waals surface area (Å²) in [5, 5.41) is 0. The van der Waals surface area contributed by atoms with E-state index >= 15 is 0 Å². The van der Waals surface area contributed by atoms with Crippen LogP contribution >= 0.6 is 0 Å². The maximum absolute atomic E-state index is 13.7. The molecule has 0 aliphatic rings. The monoisotopic (exact) mass is 325 g/mol. The Morgan fingerprint density at radius 2 is 1.73 bits per heavy atom. The summed E-state index contributed by atoms with van der Waals surface area (Å²) in [6, 6.07) is 8.13. The molecule has 0 saturated heterocycles. The third-order valence-corrected chi connectivity index (χ3v) is 5.39. The molecule has 0 aromatic heterocycles. The summed E-state index contributed by atoms with van der Waals surface area (Å²) in [5.41, 5.74) is 1.72. The predicted octanol–water partition coefficient (Wildman–Crippen LogP) is 3.40. The van der Waals surface area contributed by atoms with Gasteiger partial charge in [-0.15, -0.1) is 0 Å². The van der Waals surface area contributed by atoms with Gasteiger partial charge in [0.2, 0.25) is 10.0 Å². The maximum atomic E-state index is 13.7. The van der Waals surface area contributed by atoms with Crippen molar-refractivity contribution in [2.45, 2.75) is 25.3 Å². The van der Waals surface area contributed by atoms with Gasteiger partial charge in [-0.2, -0.15) is 4.31 Å². The zero-order valence-electron chi connectivity index (χ0n) is 12.6. The van der Waals surface area contributed by atoms with Crippen molar-refractivity contribution < 1.29 is 17.2 Å². The molecule has 2 rings (SSSR count). The molecule has 22 heavy (non-hydrogen) atoms. The summed E-state index contributed by atoms with van der Waals surface area (Å²) in [7, 11) is -2.37. The zero-order valence-corrected chi connectivity index (χ0v) is 13.4. The molecule has 6 heteroatoms. The largest absolute Gasteiger partial charge is 0.243 e. The average molecular weight is 325 g/mol. The molecule has 0 aliphatic heterocycles. The van der Waals surface area contributed by atoms with Crippen molar-refractivity contribution in [2.75, 3.05) is 7.05 Å². The van der Waals surface area contributed by atoms with Crippen LogP contribution in [0.15, 0.2) is 41.3 Å². The van der Waals surface area contributed by atoms with Crippen LogP contribution in [0.5, 0.6) is 0 Å². The molecule has 0 bridgehead atoms. The Hall–Kier alpha value is -1.79. The minimum atomic E-state index is -3.74. The molecule has 2 aromatic rings. The molecule has 0 fully saturated rings. The summed E-state index contributed by atoms with van der Waals surface area (Å²) in [6.45, 7) is 3.43. The average Bonchev–Trinajstić information content (AvgIpc) is 2.41. The van der Waals surface area contributed by atoms with Crippen LogP contribution in [0.3, 0.4) is 0 Å². The lowest BCUT2D eigenvalue weighted by Gasteiger charge is -2.19. The summed E-state index contributed by atoms with van der Waals surface area (Å²) in [4.78, 5) is 0.183. The van der Waals surface area contributed by atoms with Gasteiger partial charge in [0.1, 0.15) is 11.6 Å². The highest BCUT2D eigenvalue weighted by Gasteiger charge is 2.23. The van der Waals surface area contributed by atoms with Gasteiger partial charge in [-0.05, 0) is 31.5 Å². The third kappa shape index (κ3) is 3.34. The lowest BCUT2D eigenvalue weighted by Crippen LogP contribution is -2.27. The Balaban J connectivity index is 2.33. The van der Waals surface area contributed by atoms with Crippen molar-refractivity contribution in [2.24, 2.45) is 0 Å². The Bertz CT molecular complexity index is 804. The summed E-state index contributed by atoms with van der Waals surface area (Å²) < 4.78 is 52.8. The second-order valence-electron chi connectivity index (χ2n) is 5.27. The van der Waals surface area contributed by atoms with Crippen molar-refractivity contribution in [3.63, 3.8) is 0 Å². The Labute approximate surface area is 129 Å². The number of aryl methyl sites for hydroxylation is 2. The van der Waals surface area contributed by atoms with Gasteiger partial charge in [0.15, 0.2) is 0 Å². The Kier molecular flexibility index (Phi) is 4.63. The quantitative estimate of drug-likeness (QED) is 0.864. The van der Waals surface area contributed by atoms with E-state index in [1.54, 1.807) is 19.1 Å². The number of sulfonamides is 1. The number of rotatable bonds is 4. The molecule has 118 valence electrons. The molecular formula is C16H17F2NO2S. The number of halogens is 2. The van der Waals surface area contributed by atoms with E-state index in [9.17, 15) is 17.2 Å². The molecular weight excluding hydrogens is 308 g/mol. The van der Waals surface area contributed by atoms with Crippen molar-refractivity contribution in [1.82, 2.24) is 4.31 Å². The fraction of sp³-hybridized carbons (Fsp3) is 0.250. The molecule has 3 nitrogen and oxygen atoms in total. The van der Waals surface area contributed by atoms with Crippen molar-refractivity contribution >= 4 is 10.0 Å². The minimum absolute atomic E-state index is 0.122. The smallest absolute Gasteiger partial charge is 0.207 e. The van der Waals surface area contributed by atoms with Crippen LogP contribution in [0.25, 0.3) is 0 Å². The summed E-state index contributed by atoms with van der Waals surface area (Å²) >= 11 is 0. The second kappa shape index (κ2) is 6.14. The molecule has 0 radical (unpaired) electrons. The van der Waals surface area contributed by atoms with Crippen LogP contribution in [-0.4, -0.2) is 19.8 Å². The number of hydrogen-bond donors (Lipinski definition) is 0. The highest BCUT2D eigenvalue weighted by Crippen LogP contribution is 2.22. The minimum Gasteiger partial charge on any atom is -0.207 e. The molecule has 0 heterocycles. The molecule has 0 amide bonds. The third-order valence-electron chi connectivity index (χ3n) is 3.43. The Morgan fingerprint density at radius 3 is 2.32 bits per heavy atom. The van der Waals surface area contributed by atoms with Crippen LogP contribution in [0, 0.1) is 25.5 Å². The number of benzene rings is 2. The summed E-state index contributed by atoms with van der Waals surface area (Å²) in [6.07, 6.45) is 0. The lowest BCUT2D eigenvalue weighted by molar-refractivity contribution is 0.454. The van der Waals surface area contributed by atoms with Crippen LogP contribution in [0.4, 0.5) is 8.78 Å². The van der Waals surface area contributed by atoms with E-state index < -0.39 is 21.7 Å². The first-order valence-electron chi connectivity index (χ1n) is 6.69. The van der Waals surface area contributed by atoms with Crippen LogP contribution in [0.1, 0.15) is 16.7 Å². The molecule has 0 atom stereocenters. The van der Waals surface area contributed by atoms with Crippen molar-refractivity contribution in [3.05, 3.63) is 64.7 Å². The van der Waals surface area contributed by atoms with Gasteiger partial charge < -0.3 is 0 Å². The number of nitrogens with zero attached hydrogens (tertiary/aromatic N) is 1. The van der Waals surface area contributed by atoms with Gasteiger partial charge in [-0.1, -0.05) is 23.8 Å². The summed E-state index contributed by atoms with van der Waals surface area (Å²) in [5.74, 6) is -1.45. The van der Waals surface area contributed by atoms with Gasteiger partial charge in [0.25, 0.3) is 0 Å². The fourth-order valence-corrected chi connectivity index (χ4v) is 3.58. The molecule has 0 saturated carbocycles. The SMILES string of the molecule is Cc1ccc(S(=O)(=O)N(C)Cc2ccc(F)cc2F)c(C)c1. The van der Waals surface area contributed by atoms with Gasteiger partial charge in [0.05, 0.1) is 4.90 Å². The van der Waals surface area contributed by atoms with Gasteiger partial charge in [-0.3, -0.25) is 0 Å².